The quantitative estimate of drug-likeness (QED) is 0.871. The van der Waals surface area contributed by atoms with Crippen LogP contribution in [0.1, 0.15) is 24.8 Å². The Morgan fingerprint density at radius 3 is 2.57 bits per heavy atom. The number of carboxylic acid groups (broad SMARTS) is 1. The molecule has 2 N–H and O–H groups in total. The maximum absolute atomic E-state index is 12.0. The summed E-state index contributed by atoms with van der Waals surface area (Å²) in [5.74, 6) is -1.44. The zero-order valence-electron chi connectivity index (χ0n) is 11.4. The first-order valence-electron chi connectivity index (χ1n) is 6.92. The third-order valence-corrected chi connectivity index (χ3v) is 4.45. The minimum atomic E-state index is -0.807. The van der Waals surface area contributed by atoms with Gasteiger partial charge in [-0.3, -0.25) is 9.59 Å². The highest BCUT2D eigenvalue weighted by Crippen LogP contribution is 2.31. The zero-order valence-corrected chi connectivity index (χ0v) is 13.0. The second kappa shape index (κ2) is 7.14. The molecule has 0 aliphatic heterocycles. The third-order valence-electron chi connectivity index (χ3n) is 3.86. The minimum Gasteiger partial charge on any atom is -0.481 e. The molecule has 1 aliphatic rings. The van der Waals surface area contributed by atoms with E-state index in [1.165, 1.54) is 0 Å². The lowest BCUT2D eigenvalue weighted by Gasteiger charge is -2.11. The molecule has 1 fully saturated rings. The van der Waals surface area contributed by atoms with Gasteiger partial charge in [0.1, 0.15) is 0 Å². The van der Waals surface area contributed by atoms with E-state index in [1.807, 2.05) is 6.07 Å². The van der Waals surface area contributed by atoms with Crippen molar-refractivity contribution in [3.05, 3.63) is 33.8 Å². The van der Waals surface area contributed by atoms with Crippen molar-refractivity contribution < 1.29 is 14.7 Å². The first kappa shape index (κ1) is 16.1. The highest BCUT2D eigenvalue weighted by molar-refractivity contribution is 6.35. The van der Waals surface area contributed by atoms with Crippen molar-refractivity contribution in [2.45, 2.75) is 25.7 Å². The summed E-state index contributed by atoms with van der Waals surface area (Å²) in [5.41, 5.74) is 0.927. The van der Waals surface area contributed by atoms with Crippen LogP contribution in [0.5, 0.6) is 0 Å². The summed E-state index contributed by atoms with van der Waals surface area (Å²) in [6, 6.07) is 5.28. The normalized spacial score (nSPS) is 21.2. The van der Waals surface area contributed by atoms with Gasteiger partial charge in [0.25, 0.3) is 0 Å². The van der Waals surface area contributed by atoms with E-state index in [9.17, 15) is 9.59 Å². The number of hydrogen-bond donors (Lipinski definition) is 2. The van der Waals surface area contributed by atoms with E-state index in [0.717, 1.165) is 5.56 Å². The molecule has 1 aromatic rings. The molecule has 0 saturated heterocycles. The Hall–Kier alpha value is -1.26. The van der Waals surface area contributed by atoms with Crippen LogP contribution in [-0.2, 0) is 16.0 Å². The Bertz CT molecular complexity index is 548. The van der Waals surface area contributed by atoms with E-state index < -0.39 is 5.97 Å². The summed E-state index contributed by atoms with van der Waals surface area (Å²) in [6.07, 6.45) is 2.28. The van der Waals surface area contributed by atoms with Gasteiger partial charge in [0.2, 0.25) is 5.91 Å². The van der Waals surface area contributed by atoms with Crippen LogP contribution in [-0.4, -0.2) is 23.5 Å². The van der Waals surface area contributed by atoms with Gasteiger partial charge < -0.3 is 10.4 Å². The molecule has 2 rings (SSSR count). The van der Waals surface area contributed by atoms with Gasteiger partial charge in [0.05, 0.1) is 5.92 Å². The van der Waals surface area contributed by atoms with Crippen molar-refractivity contribution in [2.24, 2.45) is 11.8 Å². The second-order valence-electron chi connectivity index (χ2n) is 5.32. The molecule has 114 valence electrons. The van der Waals surface area contributed by atoms with Crippen molar-refractivity contribution in [1.29, 1.82) is 0 Å². The highest BCUT2D eigenvalue weighted by Gasteiger charge is 2.33. The average molecular weight is 330 g/mol. The van der Waals surface area contributed by atoms with Gasteiger partial charge in [0.15, 0.2) is 0 Å². The van der Waals surface area contributed by atoms with Gasteiger partial charge >= 0.3 is 5.97 Å². The number of carbonyl (C=O) groups is 2. The SMILES string of the molecule is O=C(O)[C@@H]1CC[C@H](C(=O)NCCc2ccc(Cl)cc2Cl)C1. The number of nitrogens with one attached hydrogen (secondary N) is 1. The predicted octanol–water partition coefficient (Wildman–Crippen LogP) is 3.15. The number of aliphatic carboxylic acids is 1. The second-order valence-corrected chi connectivity index (χ2v) is 6.17. The molecule has 0 heterocycles. The van der Waals surface area contributed by atoms with Crippen LogP contribution in [0.25, 0.3) is 0 Å². The fourth-order valence-corrected chi connectivity index (χ4v) is 3.14. The van der Waals surface area contributed by atoms with Crippen LogP contribution in [0, 0.1) is 11.8 Å². The molecule has 6 heteroatoms. The molecule has 0 radical (unpaired) electrons. The van der Waals surface area contributed by atoms with Crippen LogP contribution in [0.4, 0.5) is 0 Å². The number of rotatable bonds is 5. The molecule has 1 aliphatic carbocycles. The van der Waals surface area contributed by atoms with Crippen molar-refractivity contribution in [1.82, 2.24) is 5.32 Å². The summed E-state index contributed by atoms with van der Waals surface area (Å²) in [5, 5.41) is 13.0. The highest BCUT2D eigenvalue weighted by atomic mass is 35.5. The van der Waals surface area contributed by atoms with Crippen LogP contribution >= 0.6 is 23.2 Å². The van der Waals surface area contributed by atoms with Gasteiger partial charge in [-0.2, -0.15) is 0 Å². The topological polar surface area (TPSA) is 66.4 Å². The molecule has 21 heavy (non-hydrogen) atoms. The Labute approximate surface area is 133 Å². The number of halogens is 2. The van der Waals surface area contributed by atoms with Crippen LogP contribution in [0.2, 0.25) is 10.0 Å². The van der Waals surface area contributed by atoms with E-state index in [0.29, 0.717) is 42.3 Å². The van der Waals surface area contributed by atoms with Crippen LogP contribution in [0.15, 0.2) is 18.2 Å². The Kier molecular flexibility index (Phi) is 5.48. The molecule has 1 saturated carbocycles. The molecular formula is C15H17Cl2NO3. The van der Waals surface area contributed by atoms with Gasteiger partial charge in [-0.25, -0.2) is 0 Å². The van der Waals surface area contributed by atoms with Crippen molar-refractivity contribution in [3.63, 3.8) is 0 Å². The maximum Gasteiger partial charge on any atom is 0.306 e. The van der Waals surface area contributed by atoms with Gasteiger partial charge in [-0.05, 0) is 43.4 Å². The number of benzene rings is 1. The Balaban J connectivity index is 1.78. The predicted molar refractivity (Wildman–Crippen MR) is 81.6 cm³/mol. The summed E-state index contributed by atoms with van der Waals surface area (Å²) >= 11 is 11.9. The smallest absolute Gasteiger partial charge is 0.306 e. The van der Waals surface area contributed by atoms with Gasteiger partial charge in [0, 0.05) is 22.5 Å². The fraction of sp³-hybridized carbons (Fsp3) is 0.467. The van der Waals surface area contributed by atoms with E-state index in [2.05, 4.69) is 5.32 Å². The maximum atomic E-state index is 12.0. The lowest BCUT2D eigenvalue weighted by Crippen LogP contribution is -2.31. The van der Waals surface area contributed by atoms with E-state index in [1.54, 1.807) is 12.1 Å². The summed E-state index contributed by atoms with van der Waals surface area (Å²) < 4.78 is 0. The largest absolute Gasteiger partial charge is 0.481 e. The molecule has 0 bridgehead atoms. The van der Waals surface area contributed by atoms with Gasteiger partial charge in [-0.15, -0.1) is 0 Å². The molecule has 0 spiro atoms. The van der Waals surface area contributed by atoms with E-state index >= 15 is 0 Å². The number of carbonyl (C=O) groups excluding carboxylic acids is 1. The van der Waals surface area contributed by atoms with Crippen molar-refractivity contribution in [3.8, 4) is 0 Å². The monoisotopic (exact) mass is 329 g/mol. The zero-order chi connectivity index (χ0) is 15.4. The van der Waals surface area contributed by atoms with Gasteiger partial charge in [-0.1, -0.05) is 29.3 Å². The van der Waals surface area contributed by atoms with Crippen LogP contribution in [0.3, 0.4) is 0 Å². The molecule has 0 unspecified atom stereocenters. The number of hydrogen-bond acceptors (Lipinski definition) is 2. The molecule has 4 nitrogen and oxygen atoms in total. The summed E-state index contributed by atoms with van der Waals surface area (Å²) in [6.45, 7) is 0.481. The summed E-state index contributed by atoms with van der Waals surface area (Å²) in [7, 11) is 0. The lowest BCUT2D eigenvalue weighted by molar-refractivity contribution is -0.141. The number of amides is 1. The molecule has 2 atom stereocenters. The first-order valence-corrected chi connectivity index (χ1v) is 7.67. The van der Waals surface area contributed by atoms with Crippen molar-refractivity contribution in [2.75, 3.05) is 6.54 Å². The van der Waals surface area contributed by atoms with E-state index in [-0.39, 0.29) is 17.7 Å². The summed E-state index contributed by atoms with van der Waals surface area (Å²) in [4.78, 5) is 22.9. The lowest BCUT2D eigenvalue weighted by atomic mass is 10.0. The Morgan fingerprint density at radius 1 is 1.24 bits per heavy atom. The molecule has 0 aromatic heterocycles. The molecule has 1 amide bonds. The fourth-order valence-electron chi connectivity index (χ4n) is 2.63. The van der Waals surface area contributed by atoms with Crippen molar-refractivity contribution >= 4 is 35.1 Å². The first-order chi connectivity index (χ1) is 9.97. The molecular weight excluding hydrogens is 313 g/mol. The third kappa shape index (κ3) is 4.35. The van der Waals surface area contributed by atoms with Crippen LogP contribution < -0.4 is 5.32 Å². The molecule has 1 aromatic carbocycles. The minimum absolute atomic E-state index is 0.0659. The number of carboxylic acids is 1. The Morgan fingerprint density at radius 2 is 1.95 bits per heavy atom. The standard InChI is InChI=1S/C15H17Cl2NO3/c16-12-4-3-9(13(17)8-12)5-6-18-14(19)10-1-2-11(7-10)15(20)21/h3-4,8,10-11H,1-2,5-7H2,(H,18,19)(H,20,21)/t10-,11+/m0/s1. The average Bonchev–Trinajstić information content (AvgIpc) is 2.91. The van der Waals surface area contributed by atoms with E-state index in [4.69, 9.17) is 28.3 Å².